The van der Waals surface area contributed by atoms with Crippen LogP contribution in [0.5, 0.6) is 5.75 Å². The summed E-state index contributed by atoms with van der Waals surface area (Å²) in [6.45, 7) is 7.62. The number of aromatic amines is 1. The topological polar surface area (TPSA) is 225 Å². The molecule has 10 atom stereocenters. The summed E-state index contributed by atoms with van der Waals surface area (Å²) in [5, 5.41) is 43.7. The van der Waals surface area contributed by atoms with Gasteiger partial charge in [-0.05, 0) is 90.9 Å². The molecule has 1 aromatic heterocycles. The highest BCUT2D eigenvalue weighted by Crippen LogP contribution is 2.68. The number of para-hydroxylation sites is 1. The first kappa shape index (κ1) is 57.7. The maximum absolute atomic E-state index is 15.7. The van der Waals surface area contributed by atoms with Crippen molar-refractivity contribution in [2.75, 3.05) is 71.2 Å². The molecule has 1 unspecified atom stereocenters. The van der Waals surface area contributed by atoms with Crippen molar-refractivity contribution >= 4 is 50.6 Å². The van der Waals surface area contributed by atoms with Crippen LogP contribution in [-0.2, 0) is 46.7 Å². The van der Waals surface area contributed by atoms with Crippen LogP contribution in [0.25, 0.3) is 10.9 Å². The molecular weight excluding hydrogens is 1080 g/mol. The molecule has 16 nitrogen and oxygen atoms in total. The molecule has 434 valence electrons. The number of methoxy groups -OCH3 is 2. The third-order valence-electron chi connectivity index (χ3n) is 19.5. The predicted octanol–water partition coefficient (Wildman–Crippen LogP) is 7.44. The number of amides is 1. The minimum absolute atomic E-state index is 0.107. The number of anilines is 1. The molecule has 1 aliphatic carbocycles. The third kappa shape index (κ3) is 9.10. The minimum Gasteiger partial charge on any atom is -0.496 e. The van der Waals surface area contributed by atoms with Gasteiger partial charge in [-0.2, -0.15) is 8.42 Å². The second-order valence-electron chi connectivity index (χ2n) is 23.5. The van der Waals surface area contributed by atoms with Crippen LogP contribution in [0.3, 0.4) is 0 Å². The lowest BCUT2D eigenvalue weighted by Gasteiger charge is -2.63. The summed E-state index contributed by atoms with van der Waals surface area (Å²) in [6, 6.07) is 42.5. The number of thioether (sulfide) groups is 1. The number of rotatable bonds is 13. The van der Waals surface area contributed by atoms with E-state index in [1.165, 1.54) is 7.11 Å². The van der Waals surface area contributed by atoms with Crippen LogP contribution in [0.4, 0.5) is 5.69 Å². The lowest BCUT2D eigenvalue weighted by atomic mass is 9.47. The van der Waals surface area contributed by atoms with E-state index in [9.17, 15) is 15.3 Å². The minimum atomic E-state index is -4.67. The predicted molar refractivity (Wildman–Crippen MR) is 318 cm³/mol. The highest BCUT2D eigenvalue weighted by molar-refractivity contribution is 8.00. The molecule has 5 aromatic carbocycles. The fraction of sp³-hybridized carbons (Fsp3) is 0.438. The lowest BCUT2D eigenvalue weighted by molar-refractivity contribution is -0.203. The van der Waals surface area contributed by atoms with Gasteiger partial charge in [0.25, 0.3) is 5.91 Å². The van der Waals surface area contributed by atoms with E-state index < -0.39 is 66.6 Å². The first-order chi connectivity index (χ1) is 39.3. The number of aromatic nitrogens is 1. The van der Waals surface area contributed by atoms with E-state index in [4.69, 9.17) is 27.0 Å². The molecule has 6 aromatic rings. The molecule has 1 spiro atoms. The van der Waals surface area contributed by atoms with E-state index in [0.29, 0.717) is 88.3 Å². The van der Waals surface area contributed by atoms with Gasteiger partial charge in [-0.3, -0.25) is 28.5 Å². The van der Waals surface area contributed by atoms with Gasteiger partial charge in [-0.25, -0.2) is 0 Å². The van der Waals surface area contributed by atoms with Gasteiger partial charge >= 0.3 is 16.4 Å². The Balaban J connectivity index is 0.00000135. The van der Waals surface area contributed by atoms with Gasteiger partial charge < -0.3 is 40.0 Å². The number of esters is 1. The van der Waals surface area contributed by atoms with Crippen LogP contribution in [0.15, 0.2) is 140 Å². The van der Waals surface area contributed by atoms with Gasteiger partial charge in [0.15, 0.2) is 5.60 Å². The molecule has 5 aliphatic heterocycles. The van der Waals surface area contributed by atoms with Crippen LogP contribution in [-0.4, -0.2) is 155 Å². The number of hydrogen-bond donors (Lipinski definition) is 7. The summed E-state index contributed by atoms with van der Waals surface area (Å²) < 4.78 is 43.5. The summed E-state index contributed by atoms with van der Waals surface area (Å²) in [6.07, 6.45) is 5.82. The van der Waals surface area contributed by atoms with E-state index in [1.54, 1.807) is 18.9 Å². The summed E-state index contributed by atoms with van der Waals surface area (Å²) in [5.41, 5.74) is 1.72. The van der Waals surface area contributed by atoms with Crippen molar-refractivity contribution in [3.05, 3.63) is 179 Å². The van der Waals surface area contributed by atoms with Crippen molar-refractivity contribution in [3.8, 4) is 5.75 Å². The number of carbonyl (C=O) groups excluding carboxylic acids is 2. The molecular formula is C64H75N5O11S2. The summed E-state index contributed by atoms with van der Waals surface area (Å²) in [4.78, 5) is 42.0. The van der Waals surface area contributed by atoms with Crippen LogP contribution in [0.1, 0.15) is 85.0 Å². The van der Waals surface area contributed by atoms with Crippen molar-refractivity contribution in [2.24, 2.45) is 11.3 Å². The fourth-order valence-corrected chi connectivity index (χ4v) is 17.7. The smallest absolute Gasteiger partial charge is 0.394 e. The maximum atomic E-state index is 15.7. The van der Waals surface area contributed by atoms with E-state index in [1.807, 2.05) is 55.3 Å². The van der Waals surface area contributed by atoms with Gasteiger partial charge in [0.05, 0.1) is 30.6 Å². The third-order valence-corrected chi connectivity index (χ3v) is 21.0. The number of hydrogen-bond acceptors (Lipinski definition) is 13. The average Bonchev–Trinajstić information content (AvgIpc) is 1.57. The summed E-state index contributed by atoms with van der Waals surface area (Å²) >= 11 is 1.73. The van der Waals surface area contributed by atoms with Gasteiger partial charge in [0.2, 0.25) is 0 Å². The zero-order valence-electron chi connectivity index (χ0n) is 47.1. The zero-order valence-corrected chi connectivity index (χ0v) is 48.8. The fourth-order valence-electron chi connectivity index (χ4n) is 16.3. The van der Waals surface area contributed by atoms with Crippen molar-refractivity contribution in [3.63, 3.8) is 0 Å². The quantitative estimate of drug-likeness (QED) is 0.0196. The molecule has 1 saturated carbocycles. The van der Waals surface area contributed by atoms with Gasteiger partial charge in [-0.1, -0.05) is 135 Å². The molecule has 2 bridgehead atoms. The Hall–Kier alpha value is -6.06. The van der Waals surface area contributed by atoms with Crippen LogP contribution in [0, 0.1) is 11.3 Å². The lowest BCUT2D eigenvalue weighted by Crippen LogP contribution is -2.81. The van der Waals surface area contributed by atoms with Crippen molar-refractivity contribution in [2.45, 2.75) is 97.3 Å². The van der Waals surface area contributed by atoms with E-state index in [-0.39, 0.29) is 18.5 Å². The highest BCUT2D eigenvalue weighted by Gasteiger charge is 2.78. The van der Waals surface area contributed by atoms with Crippen molar-refractivity contribution in [1.29, 1.82) is 0 Å². The average molecular weight is 1150 g/mol. The van der Waals surface area contributed by atoms with Crippen LogP contribution >= 0.6 is 11.8 Å². The van der Waals surface area contributed by atoms with E-state index >= 15 is 9.59 Å². The molecule has 0 radical (unpaired) electrons. The first-order valence-electron chi connectivity index (χ1n) is 28.5. The summed E-state index contributed by atoms with van der Waals surface area (Å²) in [5.74, 6) is -0.195. The second-order valence-corrected chi connectivity index (χ2v) is 25.7. The highest BCUT2D eigenvalue weighted by atomic mass is 32.3. The monoisotopic (exact) mass is 1150 g/mol. The normalized spacial score (nSPS) is 30.1. The second kappa shape index (κ2) is 21.8. The molecule has 12 rings (SSSR count). The Labute approximate surface area is 484 Å². The number of nitrogens with zero attached hydrogens (tertiary/aromatic N) is 3. The van der Waals surface area contributed by atoms with Crippen LogP contribution < -0.4 is 15.0 Å². The number of nitrogens with one attached hydrogen (secondary N) is 2. The zero-order chi connectivity index (χ0) is 58.0. The molecule has 82 heavy (non-hydrogen) atoms. The molecule has 6 heterocycles. The van der Waals surface area contributed by atoms with Crippen molar-refractivity contribution < 1.29 is 51.9 Å². The van der Waals surface area contributed by atoms with Gasteiger partial charge in [0, 0.05) is 96.3 Å². The Morgan fingerprint density at radius 2 is 1.45 bits per heavy atom. The number of aliphatic hydroxyl groups is 3. The molecule has 18 heteroatoms. The summed E-state index contributed by atoms with van der Waals surface area (Å²) in [7, 11) is 0.357. The number of aliphatic hydroxyl groups excluding tert-OH is 1. The van der Waals surface area contributed by atoms with Crippen molar-refractivity contribution in [1.82, 2.24) is 20.1 Å². The molecule has 2 saturated heterocycles. The Kier molecular flexibility index (Phi) is 15.4. The Bertz CT molecular complexity index is 3390. The number of benzene rings is 5. The SMILES string of the molecule is CC[C@]1(O)C[C@H]2CN(CCc3c([nH]c4ccccc34)[C@@](C(=O)OC)(c3cc4c(cc3OC)N(C)[C@H]3[C@@](O)(C(=O)NCCSC(c5ccccc5)(c5ccccc5)c5ccccc5)[C@H](O)[C@]5(CC)C=CCN6CC[C@]43[C@@H]65)C2)C1.O=S(=O)(O)O. The number of fused-ring (bicyclic) bond motifs is 6. The molecule has 1 amide bonds. The van der Waals surface area contributed by atoms with E-state index in [0.717, 1.165) is 50.1 Å². The molecule has 7 N–H and O–H groups in total. The number of piperidine rings is 1. The standard InChI is InChI=1S/C64H73N5O7S.H2O4S/c1-6-59(73)38-42-39-62(58(72)76-5,53-47(28-33-68(40-42)41-59)46-26-17-18-27-50(46)66-53)49-36-48-51(37-52(49)75-4)67(3)55-61(48)30-34-69-32-19-29-60(7-2,54(61)69)56(70)63(55,74)57(71)65-31-35-77-64(43-20-11-8-12-21-43,44-22-13-9-14-23-44)45-24-15-10-16-25-45;1-5(2,3)4/h8-27,29,36-37,42,54-56,66,70,73-74H,6-7,28,30-35,38-41H2,1-5H3,(H,65,71);(H2,1,2,3,4)/t42-,54+,55-,56-,59+,60-,61-,62+,63+;/m1./s1. The molecule has 6 aliphatic rings. The Morgan fingerprint density at radius 1 is 0.829 bits per heavy atom. The number of likely N-dealkylation sites (N-methyl/N-ethyl adjacent to an activating group) is 1. The number of carbonyl (C=O) groups is 2. The van der Waals surface area contributed by atoms with Gasteiger partial charge in [0.1, 0.15) is 17.3 Å². The van der Waals surface area contributed by atoms with E-state index in [2.05, 4.69) is 130 Å². The largest absolute Gasteiger partial charge is 0.496 e. The maximum Gasteiger partial charge on any atom is 0.394 e. The molecule has 3 fully saturated rings. The first-order valence-corrected chi connectivity index (χ1v) is 30.9. The van der Waals surface area contributed by atoms with Gasteiger partial charge in [-0.15, -0.1) is 11.8 Å². The number of ether oxygens (including phenoxy) is 2. The van der Waals surface area contributed by atoms with Crippen LogP contribution in [0.2, 0.25) is 0 Å². The Morgan fingerprint density at radius 3 is 2.05 bits per heavy atom. The number of H-pyrrole nitrogens is 1.